The van der Waals surface area contributed by atoms with E-state index in [4.69, 9.17) is 4.42 Å². The molecule has 0 spiro atoms. The first-order chi connectivity index (χ1) is 10.6. The summed E-state index contributed by atoms with van der Waals surface area (Å²) in [5.41, 5.74) is 0.537. The highest BCUT2D eigenvalue weighted by Crippen LogP contribution is 2.12. The van der Waals surface area contributed by atoms with Crippen molar-refractivity contribution in [2.45, 2.75) is 13.5 Å². The highest BCUT2D eigenvalue weighted by atomic mass is 16.3. The second kappa shape index (κ2) is 5.85. The zero-order chi connectivity index (χ0) is 15.5. The van der Waals surface area contributed by atoms with Gasteiger partial charge >= 0.3 is 0 Å². The van der Waals surface area contributed by atoms with E-state index in [0.717, 1.165) is 17.3 Å². The van der Waals surface area contributed by atoms with Crippen molar-refractivity contribution in [1.82, 2.24) is 19.4 Å². The van der Waals surface area contributed by atoms with Crippen molar-refractivity contribution < 1.29 is 9.21 Å². The van der Waals surface area contributed by atoms with Crippen molar-refractivity contribution in [3.8, 4) is 5.82 Å². The van der Waals surface area contributed by atoms with Crippen LogP contribution < -0.4 is 0 Å². The number of nitrogens with zero attached hydrogens (tertiary/aromatic N) is 4. The second-order valence-corrected chi connectivity index (χ2v) is 5.05. The van der Waals surface area contributed by atoms with Crippen molar-refractivity contribution in [2.75, 3.05) is 7.05 Å². The first-order valence-corrected chi connectivity index (χ1v) is 6.88. The van der Waals surface area contributed by atoms with Crippen molar-refractivity contribution in [3.63, 3.8) is 0 Å². The first-order valence-electron chi connectivity index (χ1n) is 6.88. The molecule has 3 heterocycles. The maximum absolute atomic E-state index is 12.4. The van der Waals surface area contributed by atoms with E-state index in [1.165, 1.54) is 0 Å². The van der Waals surface area contributed by atoms with Crippen LogP contribution in [0.1, 0.15) is 21.9 Å². The van der Waals surface area contributed by atoms with Crippen molar-refractivity contribution in [3.05, 3.63) is 66.3 Å². The van der Waals surface area contributed by atoms with Gasteiger partial charge in [0, 0.05) is 25.6 Å². The zero-order valence-corrected chi connectivity index (χ0v) is 12.4. The third-order valence-corrected chi connectivity index (χ3v) is 3.30. The van der Waals surface area contributed by atoms with E-state index < -0.39 is 0 Å². The van der Waals surface area contributed by atoms with E-state index in [1.54, 1.807) is 53.6 Å². The molecule has 0 aliphatic carbocycles. The van der Waals surface area contributed by atoms with Crippen LogP contribution in [0.4, 0.5) is 0 Å². The molecule has 0 aromatic carbocycles. The number of carbonyl (C=O) groups excluding carboxylic acids is 1. The van der Waals surface area contributed by atoms with E-state index in [1.807, 2.05) is 19.1 Å². The molecular weight excluding hydrogens is 280 g/mol. The summed E-state index contributed by atoms with van der Waals surface area (Å²) in [5.74, 6) is 2.22. The number of hydrogen-bond donors (Lipinski definition) is 0. The zero-order valence-electron chi connectivity index (χ0n) is 12.4. The minimum absolute atomic E-state index is 0.0984. The average molecular weight is 296 g/mol. The topological polar surface area (TPSA) is 64.2 Å². The lowest BCUT2D eigenvalue weighted by Crippen LogP contribution is -2.26. The van der Waals surface area contributed by atoms with E-state index in [9.17, 15) is 4.79 Å². The van der Waals surface area contributed by atoms with Crippen LogP contribution in [0.2, 0.25) is 0 Å². The van der Waals surface area contributed by atoms with Gasteiger partial charge in [0.1, 0.15) is 23.7 Å². The van der Waals surface area contributed by atoms with Crippen LogP contribution in [-0.4, -0.2) is 32.4 Å². The molecule has 22 heavy (non-hydrogen) atoms. The average Bonchev–Trinajstić information content (AvgIpc) is 3.18. The molecule has 0 aliphatic heterocycles. The van der Waals surface area contributed by atoms with Gasteiger partial charge in [0.15, 0.2) is 0 Å². The Kier molecular flexibility index (Phi) is 3.74. The lowest BCUT2D eigenvalue weighted by molar-refractivity contribution is 0.0774. The molecule has 0 radical (unpaired) electrons. The molecule has 3 aromatic rings. The van der Waals surface area contributed by atoms with Crippen LogP contribution in [0.5, 0.6) is 0 Å². The highest BCUT2D eigenvalue weighted by Gasteiger charge is 2.14. The summed E-state index contributed by atoms with van der Waals surface area (Å²) in [4.78, 5) is 22.2. The Labute approximate surface area is 128 Å². The van der Waals surface area contributed by atoms with Crippen LogP contribution >= 0.6 is 0 Å². The Balaban J connectivity index is 1.71. The fourth-order valence-electron chi connectivity index (χ4n) is 2.16. The van der Waals surface area contributed by atoms with Crippen molar-refractivity contribution in [1.29, 1.82) is 0 Å². The van der Waals surface area contributed by atoms with Crippen LogP contribution in [0.25, 0.3) is 5.82 Å². The van der Waals surface area contributed by atoms with E-state index in [2.05, 4.69) is 9.97 Å². The summed E-state index contributed by atoms with van der Waals surface area (Å²) in [6, 6.07) is 7.31. The summed E-state index contributed by atoms with van der Waals surface area (Å²) in [6.07, 6.45) is 6.71. The lowest BCUT2D eigenvalue weighted by Gasteiger charge is -2.15. The molecule has 3 aromatic heterocycles. The number of pyridine rings is 1. The van der Waals surface area contributed by atoms with Gasteiger partial charge < -0.3 is 9.32 Å². The molecule has 6 nitrogen and oxygen atoms in total. The number of imidazole rings is 1. The summed E-state index contributed by atoms with van der Waals surface area (Å²) in [6.45, 7) is 2.31. The highest BCUT2D eigenvalue weighted by molar-refractivity contribution is 5.93. The molecule has 0 saturated carbocycles. The molecule has 0 bridgehead atoms. The van der Waals surface area contributed by atoms with Gasteiger partial charge in [-0.25, -0.2) is 9.97 Å². The number of furan rings is 1. The first kappa shape index (κ1) is 14.1. The maximum atomic E-state index is 12.4. The van der Waals surface area contributed by atoms with Gasteiger partial charge in [-0.05, 0) is 31.2 Å². The monoisotopic (exact) mass is 296 g/mol. The molecule has 0 unspecified atom stereocenters. The molecule has 0 aliphatic rings. The Hall–Kier alpha value is -2.89. The number of amides is 1. The predicted octanol–water partition coefficient (Wildman–Crippen LogP) is 2.44. The normalized spacial score (nSPS) is 10.6. The molecule has 0 saturated heterocycles. The fourth-order valence-corrected chi connectivity index (χ4v) is 2.16. The van der Waals surface area contributed by atoms with Gasteiger partial charge in [-0.15, -0.1) is 0 Å². The Bertz CT molecular complexity index is 760. The Morgan fingerprint density at radius 1 is 1.32 bits per heavy atom. The minimum Gasteiger partial charge on any atom is -0.464 e. The maximum Gasteiger partial charge on any atom is 0.255 e. The van der Waals surface area contributed by atoms with Gasteiger partial charge in [0.05, 0.1) is 12.1 Å². The minimum atomic E-state index is -0.0984. The van der Waals surface area contributed by atoms with Crippen molar-refractivity contribution >= 4 is 5.91 Å². The third kappa shape index (κ3) is 2.90. The largest absolute Gasteiger partial charge is 0.464 e. The van der Waals surface area contributed by atoms with Crippen LogP contribution in [0.15, 0.2) is 53.6 Å². The summed E-state index contributed by atoms with van der Waals surface area (Å²) in [5, 5.41) is 0. The summed E-state index contributed by atoms with van der Waals surface area (Å²) >= 11 is 0. The lowest BCUT2D eigenvalue weighted by atomic mass is 10.2. The molecule has 6 heteroatoms. The predicted molar refractivity (Wildman–Crippen MR) is 80.6 cm³/mol. The number of hydrogen-bond acceptors (Lipinski definition) is 4. The van der Waals surface area contributed by atoms with Gasteiger partial charge in [-0.3, -0.25) is 9.36 Å². The van der Waals surface area contributed by atoms with E-state index in [-0.39, 0.29) is 5.91 Å². The Morgan fingerprint density at radius 3 is 2.77 bits per heavy atom. The van der Waals surface area contributed by atoms with Crippen molar-refractivity contribution in [2.24, 2.45) is 0 Å². The number of carbonyl (C=O) groups is 1. The van der Waals surface area contributed by atoms with Gasteiger partial charge in [0.2, 0.25) is 0 Å². The molecule has 0 N–H and O–H groups in total. The summed E-state index contributed by atoms with van der Waals surface area (Å²) < 4.78 is 7.27. The van der Waals surface area contributed by atoms with E-state index >= 15 is 0 Å². The molecule has 3 rings (SSSR count). The molecule has 0 fully saturated rings. The summed E-state index contributed by atoms with van der Waals surface area (Å²) in [7, 11) is 1.74. The van der Waals surface area contributed by atoms with E-state index in [0.29, 0.717) is 12.1 Å². The van der Waals surface area contributed by atoms with Crippen LogP contribution in [-0.2, 0) is 6.54 Å². The number of rotatable bonds is 4. The molecule has 112 valence electrons. The second-order valence-electron chi connectivity index (χ2n) is 5.05. The van der Waals surface area contributed by atoms with Gasteiger partial charge in [0.25, 0.3) is 5.91 Å². The third-order valence-electron chi connectivity index (χ3n) is 3.30. The number of aryl methyl sites for hydroxylation is 1. The smallest absolute Gasteiger partial charge is 0.255 e. The molecule has 0 atom stereocenters. The SMILES string of the molecule is Cc1ccc(CN(C)C(=O)c2ccc(-n3ccnc3)nc2)o1. The molecular formula is C16H16N4O2. The van der Waals surface area contributed by atoms with Gasteiger partial charge in [-0.2, -0.15) is 0 Å². The molecule has 1 amide bonds. The Morgan fingerprint density at radius 2 is 2.18 bits per heavy atom. The standard InChI is InChI=1S/C16H16N4O2/c1-12-3-5-14(22-12)10-19(2)16(21)13-4-6-15(18-9-13)20-8-7-17-11-20/h3-9,11H,10H2,1-2H3. The quantitative estimate of drug-likeness (QED) is 0.742. The fraction of sp³-hybridized carbons (Fsp3) is 0.188. The van der Waals surface area contributed by atoms with Crippen LogP contribution in [0, 0.1) is 6.92 Å². The van der Waals surface area contributed by atoms with Crippen LogP contribution in [0.3, 0.4) is 0 Å². The number of aromatic nitrogens is 3. The van der Waals surface area contributed by atoms with Gasteiger partial charge in [-0.1, -0.05) is 0 Å².